The first-order chi connectivity index (χ1) is 5.27. The number of cyclic esters (lactones) is 1. The van der Waals surface area contributed by atoms with Gasteiger partial charge in [0.2, 0.25) is 0 Å². The van der Waals surface area contributed by atoms with E-state index in [9.17, 15) is 4.79 Å². The molecule has 0 aromatic rings. The van der Waals surface area contributed by atoms with E-state index < -0.39 is 0 Å². The van der Waals surface area contributed by atoms with E-state index in [4.69, 9.17) is 17.6 Å². The van der Waals surface area contributed by atoms with Gasteiger partial charge in [-0.05, 0) is 0 Å². The number of terminal acetylenes is 2. The first kappa shape index (κ1) is 7.69. The maximum absolute atomic E-state index is 10.7. The number of carbonyl (C=O) groups is 1. The Morgan fingerprint density at radius 2 is 2.00 bits per heavy atom. The maximum atomic E-state index is 10.7. The summed E-state index contributed by atoms with van der Waals surface area (Å²) in [5.41, 5.74) is 0. The molecule has 0 aliphatic carbocycles. The summed E-state index contributed by atoms with van der Waals surface area (Å²) in [7, 11) is 0. The van der Waals surface area contributed by atoms with Gasteiger partial charge in [-0.15, -0.1) is 18.8 Å². The third-order valence-electron chi connectivity index (χ3n) is 1.72. The quantitative estimate of drug-likeness (QED) is 0.368. The lowest BCUT2D eigenvalue weighted by molar-refractivity contribution is -0.149. The molecule has 2 unspecified atom stereocenters. The van der Waals surface area contributed by atoms with Crippen LogP contribution >= 0.6 is 0 Å². The van der Waals surface area contributed by atoms with Crippen molar-refractivity contribution in [3.05, 3.63) is 0 Å². The molecule has 1 rings (SSSR count). The van der Waals surface area contributed by atoms with E-state index in [1.54, 1.807) is 0 Å². The summed E-state index contributed by atoms with van der Waals surface area (Å²) in [5.74, 6) is 4.51. The average molecular weight is 148 g/mol. The van der Waals surface area contributed by atoms with E-state index in [2.05, 4.69) is 11.8 Å². The molecule has 1 aliphatic rings. The molecule has 56 valence electrons. The third-order valence-corrected chi connectivity index (χ3v) is 1.72. The zero-order valence-electron chi connectivity index (χ0n) is 6.04. The summed E-state index contributed by atoms with van der Waals surface area (Å²) in [4.78, 5) is 10.7. The van der Waals surface area contributed by atoms with Gasteiger partial charge in [0.15, 0.2) is 0 Å². The Hall–Kier alpha value is -1.41. The number of carbonyl (C=O) groups excluding carboxylic acids is 1. The summed E-state index contributed by atoms with van der Waals surface area (Å²) in [6, 6.07) is 0. The Morgan fingerprint density at radius 3 is 2.55 bits per heavy atom. The molecule has 0 N–H and O–H groups in total. The molecule has 1 saturated heterocycles. The molecule has 0 amide bonds. The normalized spacial score (nSPS) is 29.8. The Morgan fingerprint density at radius 1 is 1.36 bits per heavy atom. The van der Waals surface area contributed by atoms with Crippen LogP contribution in [-0.4, -0.2) is 12.6 Å². The molecule has 11 heavy (non-hydrogen) atoms. The number of rotatable bonds is 0. The lowest BCUT2D eigenvalue weighted by atomic mass is 9.90. The zero-order chi connectivity index (χ0) is 8.27. The van der Waals surface area contributed by atoms with E-state index in [-0.39, 0.29) is 30.8 Å². The summed E-state index contributed by atoms with van der Waals surface area (Å²) >= 11 is 0. The summed E-state index contributed by atoms with van der Waals surface area (Å²) in [6.45, 7) is 0.268. The van der Waals surface area contributed by atoms with Crippen LogP contribution in [0.1, 0.15) is 6.42 Å². The molecule has 0 aromatic carbocycles. The number of ether oxygens (including phenoxy) is 1. The van der Waals surface area contributed by atoms with Gasteiger partial charge in [-0.3, -0.25) is 4.79 Å². The van der Waals surface area contributed by atoms with Crippen molar-refractivity contribution in [2.24, 2.45) is 11.8 Å². The van der Waals surface area contributed by atoms with Crippen molar-refractivity contribution in [1.29, 1.82) is 0 Å². The fourth-order valence-corrected chi connectivity index (χ4v) is 1.02. The molecule has 0 radical (unpaired) electrons. The molecule has 0 bridgehead atoms. The van der Waals surface area contributed by atoms with E-state index in [0.29, 0.717) is 0 Å². The summed E-state index contributed by atoms with van der Waals surface area (Å²) in [5, 5.41) is 0. The molecular formula is C9H8O2. The summed E-state index contributed by atoms with van der Waals surface area (Å²) in [6.07, 6.45) is 10.6. The Kier molecular flexibility index (Phi) is 2.18. The minimum absolute atomic E-state index is 0.0994. The van der Waals surface area contributed by atoms with Crippen molar-refractivity contribution in [3.8, 4) is 24.7 Å². The minimum Gasteiger partial charge on any atom is -0.464 e. The monoisotopic (exact) mass is 148 g/mol. The van der Waals surface area contributed by atoms with Crippen LogP contribution in [0.5, 0.6) is 0 Å². The van der Waals surface area contributed by atoms with Crippen molar-refractivity contribution in [3.63, 3.8) is 0 Å². The van der Waals surface area contributed by atoms with Gasteiger partial charge in [-0.1, -0.05) is 5.92 Å². The Bertz CT molecular complexity index is 241. The lowest BCUT2D eigenvalue weighted by Gasteiger charge is -2.22. The van der Waals surface area contributed by atoms with E-state index in [1.165, 1.54) is 0 Å². The van der Waals surface area contributed by atoms with Gasteiger partial charge in [0.05, 0.1) is 12.3 Å². The summed E-state index contributed by atoms with van der Waals surface area (Å²) < 4.78 is 4.74. The molecule has 0 aromatic heterocycles. The van der Waals surface area contributed by atoms with Crippen molar-refractivity contribution in [2.75, 3.05) is 6.61 Å². The molecule has 1 heterocycles. The van der Waals surface area contributed by atoms with E-state index in [0.717, 1.165) is 0 Å². The molecular weight excluding hydrogens is 140 g/mol. The van der Waals surface area contributed by atoms with Crippen molar-refractivity contribution in [1.82, 2.24) is 0 Å². The standard InChI is InChI=1S/C9H8O2/c1-3-7-5-9(10)11-6-8(7)4-2/h1-2,7-8H,5-6H2. The number of esters is 1. The van der Waals surface area contributed by atoms with Gasteiger partial charge in [0.1, 0.15) is 6.61 Å². The molecule has 2 nitrogen and oxygen atoms in total. The first-order valence-corrected chi connectivity index (χ1v) is 3.36. The highest BCUT2D eigenvalue weighted by molar-refractivity contribution is 5.71. The minimum atomic E-state index is -0.251. The van der Waals surface area contributed by atoms with Crippen LogP contribution in [0.3, 0.4) is 0 Å². The van der Waals surface area contributed by atoms with Crippen LogP contribution in [0, 0.1) is 36.5 Å². The lowest BCUT2D eigenvalue weighted by Crippen LogP contribution is -2.28. The third kappa shape index (κ3) is 1.53. The van der Waals surface area contributed by atoms with Crippen LogP contribution in [0.2, 0.25) is 0 Å². The molecule has 2 atom stereocenters. The Labute approximate surface area is 65.9 Å². The van der Waals surface area contributed by atoms with Crippen molar-refractivity contribution < 1.29 is 9.53 Å². The van der Waals surface area contributed by atoms with E-state index in [1.807, 2.05) is 0 Å². The maximum Gasteiger partial charge on any atom is 0.307 e. The highest BCUT2D eigenvalue weighted by atomic mass is 16.5. The zero-order valence-corrected chi connectivity index (χ0v) is 6.04. The fourth-order valence-electron chi connectivity index (χ4n) is 1.02. The molecule has 1 fully saturated rings. The topological polar surface area (TPSA) is 26.3 Å². The van der Waals surface area contributed by atoms with Gasteiger partial charge >= 0.3 is 5.97 Å². The van der Waals surface area contributed by atoms with Crippen molar-refractivity contribution in [2.45, 2.75) is 6.42 Å². The average Bonchev–Trinajstić information content (AvgIpc) is 2.04. The molecule has 0 spiro atoms. The number of hydrogen-bond donors (Lipinski definition) is 0. The van der Waals surface area contributed by atoms with Crippen LogP contribution in [0.25, 0.3) is 0 Å². The number of hydrogen-bond acceptors (Lipinski definition) is 2. The highest BCUT2D eigenvalue weighted by Gasteiger charge is 2.27. The second-order valence-corrected chi connectivity index (χ2v) is 2.43. The van der Waals surface area contributed by atoms with Gasteiger partial charge in [0, 0.05) is 5.92 Å². The van der Waals surface area contributed by atoms with Crippen LogP contribution in [0.15, 0.2) is 0 Å². The van der Waals surface area contributed by atoms with Crippen LogP contribution in [-0.2, 0) is 9.53 Å². The van der Waals surface area contributed by atoms with Gasteiger partial charge in [-0.25, -0.2) is 0 Å². The van der Waals surface area contributed by atoms with Gasteiger partial charge in [0.25, 0.3) is 0 Å². The molecule has 2 heteroatoms. The molecule has 0 saturated carbocycles. The van der Waals surface area contributed by atoms with Crippen LogP contribution < -0.4 is 0 Å². The smallest absolute Gasteiger partial charge is 0.307 e. The fraction of sp³-hybridized carbons (Fsp3) is 0.444. The van der Waals surface area contributed by atoms with Crippen molar-refractivity contribution >= 4 is 5.97 Å². The predicted octanol–water partition coefficient (Wildman–Crippen LogP) is 0.432. The van der Waals surface area contributed by atoms with Gasteiger partial charge in [-0.2, -0.15) is 0 Å². The second-order valence-electron chi connectivity index (χ2n) is 2.43. The Balaban J connectivity index is 2.66. The largest absolute Gasteiger partial charge is 0.464 e. The van der Waals surface area contributed by atoms with Gasteiger partial charge < -0.3 is 4.74 Å². The SMILES string of the molecule is C#CC1COC(=O)CC1C#C. The van der Waals surface area contributed by atoms with Crippen LogP contribution in [0.4, 0.5) is 0 Å². The second kappa shape index (κ2) is 3.12. The highest BCUT2D eigenvalue weighted by Crippen LogP contribution is 2.20. The van der Waals surface area contributed by atoms with E-state index >= 15 is 0 Å². The molecule has 1 aliphatic heterocycles. The first-order valence-electron chi connectivity index (χ1n) is 3.36. The predicted molar refractivity (Wildman–Crippen MR) is 40.2 cm³/mol.